The molecule has 11 heavy (non-hydrogen) atoms. The summed E-state index contributed by atoms with van der Waals surface area (Å²) in [6, 6.07) is -0.508. The molecule has 0 radical (unpaired) electrons. The van der Waals surface area contributed by atoms with Gasteiger partial charge < -0.3 is 5.73 Å². The van der Waals surface area contributed by atoms with Gasteiger partial charge in [0.2, 0.25) is 0 Å². The molecule has 0 aromatic carbocycles. The maximum atomic E-state index is 11.1. The number of ketones is 1. The molecule has 0 spiro atoms. The molecule has 2 N–H and O–H groups in total. The largest absolute Gasteiger partial charge is 0.321 e. The van der Waals surface area contributed by atoms with Crippen LogP contribution in [0.25, 0.3) is 0 Å². The van der Waals surface area contributed by atoms with Gasteiger partial charge in [0.05, 0.1) is 12.2 Å². The molecule has 0 amide bonds. The van der Waals surface area contributed by atoms with Crippen molar-refractivity contribution in [3.63, 3.8) is 0 Å². The molecule has 1 rings (SSSR count). The summed E-state index contributed by atoms with van der Waals surface area (Å²) in [4.78, 5) is 18.7. The third kappa shape index (κ3) is 1.81. The number of hydrogen-bond acceptors (Lipinski definition) is 4. The highest BCUT2D eigenvalue weighted by atomic mass is 16.1. The van der Waals surface area contributed by atoms with Gasteiger partial charge in [-0.1, -0.05) is 0 Å². The van der Waals surface area contributed by atoms with Crippen LogP contribution in [-0.2, 0) is 0 Å². The predicted molar refractivity (Wildman–Crippen MR) is 40.0 cm³/mol. The number of carbonyl (C=O) groups excluding carboxylic acids is 1. The Bertz CT molecular complexity index is 245. The summed E-state index contributed by atoms with van der Waals surface area (Å²) in [7, 11) is 0. The highest BCUT2D eigenvalue weighted by molar-refractivity contribution is 5.97. The standard InChI is InChI=1S/C7H9N3O/c1-5(8)7(11)6-4-9-2-3-10-6/h2-5H,8H2,1H3/t5-/m0/s1. The first kappa shape index (κ1) is 7.81. The molecule has 1 heterocycles. The van der Waals surface area contributed by atoms with Gasteiger partial charge in [0.1, 0.15) is 5.69 Å². The van der Waals surface area contributed by atoms with Crippen molar-refractivity contribution in [3.05, 3.63) is 24.3 Å². The second kappa shape index (κ2) is 3.21. The Balaban J connectivity index is 2.86. The van der Waals surface area contributed by atoms with Gasteiger partial charge in [0.15, 0.2) is 5.78 Å². The van der Waals surface area contributed by atoms with Gasteiger partial charge >= 0.3 is 0 Å². The van der Waals surface area contributed by atoms with Crippen molar-refractivity contribution in [1.29, 1.82) is 0 Å². The zero-order valence-corrected chi connectivity index (χ0v) is 6.19. The molecule has 1 aromatic rings. The molecule has 0 bridgehead atoms. The van der Waals surface area contributed by atoms with E-state index in [0.717, 1.165) is 0 Å². The van der Waals surface area contributed by atoms with Gasteiger partial charge in [-0.15, -0.1) is 0 Å². The van der Waals surface area contributed by atoms with Crippen molar-refractivity contribution in [3.8, 4) is 0 Å². The van der Waals surface area contributed by atoms with Gasteiger partial charge in [0, 0.05) is 12.4 Å². The maximum Gasteiger partial charge on any atom is 0.199 e. The van der Waals surface area contributed by atoms with Crippen LogP contribution in [0.2, 0.25) is 0 Å². The second-order valence-electron chi connectivity index (χ2n) is 2.24. The number of rotatable bonds is 2. The lowest BCUT2D eigenvalue weighted by Crippen LogP contribution is -2.27. The minimum Gasteiger partial charge on any atom is -0.321 e. The highest BCUT2D eigenvalue weighted by Crippen LogP contribution is 1.94. The van der Waals surface area contributed by atoms with E-state index in [4.69, 9.17) is 5.73 Å². The lowest BCUT2D eigenvalue weighted by atomic mass is 10.2. The van der Waals surface area contributed by atoms with E-state index in [1.54, 1.807) is 6.92 Å². The summed E-state index contributed by atoms with van der Waals surface area (Å²) in [5, 5.41) is 0. The molecule has 0 aliphatic rings. The van der Waals surface area contributed by atoms with Crippen LogP contribution in [0.3, 0.4) is 0 Å². The Morgan fingerprint density at radius 3 is 2.82 bits per heavy atom. The number of hydrogen-bond donors (Lipinski definition) is 1. The summed E-state index contributed by atoms with van der Waals surface area (Å²) >= 11 is 0. The SMILES string of the molecule is C[C@H](N)C(=O)c1cnccn1. The number of nitrogens with two attached hydrogens (primary N) is 1. The fraction of sp³-hybridized carbons (Fsp3) is 0.286. The van der Waals surface area contributed by atoms with Gasteiger partial charge in [-0.3, -0.25) is 9.78 Å². The lowest BCUT2D eigenvalue weighted by Gasteiger charge is -2.00. The van der Waals surface area contributed by atoms with E-state index in [1.807, 2.05) is 0 Å². The third-order valence-electron chi connectivity index (χ3n) is 1.23. The quantitative estimate of drug-likeness (QED) is 0.604. The van der Waals surface area contributed by atoms with E-state index in [0.29, 0.717) is 5.69 Å². The average Bonchev–Trinajstić information content (AvgIpc) is 2.05. The Morgan fingerprint density at radius 2 is 2.36 bits per heavy atom. The first-order valence-electron chi connectivity index (χ1n) is 3.27. The molecule has 0 unspecified atom stereocenters. The minimum atomic E-state index is -0.508. The van der Waals surface area contributed by atoms with Crippen LogP contribution < -0.4 is 5.73 Å². The van der Waals surface area contributed by atoms with Gasteiger partial charge in [-0.05, 0) is 6.92 Å². The van der Waals surface area contributed by atoms with Crippen molar-refractivity contribution >= 4 is 5.78 Å². The predicted octanol–water partition coefficient (Wildman–Crippen LogP) is 0.00650. The monoisotopic (exact) mass is 151 g/mol. The van der Waals surface area contributed by atoms with Gasteiger partial charge in [-0.2, -0.15) is 0 Å². The topological polar surface area (TPSA) is 68.9 Å². The summed E-state index contributed by atoms with van der Waals surface area (Å²) in [6.07, 6.45) is 4.39. The molecule has 0 saturated heterocycles. The van der Waals surface area contributed by atoms with E-state index in [-0.39, 0.29) is 5.78 Å². The van der Waals surface area contributed by atoms with Crippen LogP contribution >= 0.6 is 0 Å². The molecule has 0 aliphatic carbocycles. The molecule has 0 fully saturated rings. The fourth-order valence-electron chi connectivity index (χ4n) is 0.660. The van der Waals surface area contributed by atoms with Crippen LogP contribution in [0.1, 0.15) is 17.4 Å². The fourth-order valence-corrected chi connectivity index (χ4v) is 0.660. The zero-order valence-electron chi connectivity index (χ0n) is 6.19. The van der Waals surface area contributed by atoms with E-state index in [9.17, 15) is 4.79 Å². The second-order valence-corrected chi connectivity index (χ2v) is 2.24. The first-order valence-corrected chi connectivity index (χ1v) is 3.27. The van der Waals surface area contributed by atoms with Crippen LogP contribution in [0.15, 0.2) is 18.6 Å². The Hall–Kier alpha value is -1.29. The molecule has 1 atom stereocenters. The van der Waals surface area contributed by atoms with E-state index in [2.05, 4.69) is 9.97 Å². The van der Waals surface area contributed by atoms with E-state index >= 15 is 0 Å². The number of nitrogens with zero attached hydrogens (tertiary/aromatic N) is 2. The molecule has 4 nitrogen and oxygen atoms in total. The molecule has 0 aliphatic heterocycles. The Labute approximate surface area is 64.5 Å². The number of carbonyl (C=O) groups is 1. The van der Waals surface area contributed by atoms with Crippen LogP contribution in [-0.4, -0.2) is 21.8 Å². The summed E-state index contributed by atoms with van der Waals surface area (Å²) in [6.45, 7) is 1.62. The average molecular weight is 151 g/mol. The van der Waals surface area contributed by atoms with E-state index < -0.39 is 6.04 Å². The third-order valence-corrected chi connectivity index (χ3v) is 1.23. The molecule has 0 saturated carbocycles. The van der Waals surface area contributed by atoms with Crippen molar-refractivity contribution < 1.29 is 4.79 Å². The molecular formula is C7H9N3O. The van der Waals surface area contributed by atoms with E-state index in [1.165, 1.54) is 18.6 Å². The van der Waals surface area contributed by atoms with Crippen molar-refractivity contribution in [1.82, 2.24) is 9.97 Å². The maximum absolute atomic E-state index is 11.1. The lowest BCUT2D eigenvalue weighted by molar-refractivity contribution is 0.0962. The zero-order chi connectivity index (χ0) is 8.27. The van der Waals surface area contributed by atoms with Crippen LogP contribution in [0.4, 0.5) is 0 Å². The molecule has 4 heteroatoms. The summed E-state index contributed by atoms with van der Waals surface area (Å²) in [5.41, 5.74) is 5.67. The van der Waals surface area contributed by atoms with Crippen molar-refractivity contribution in [2.75, 3.05) is 0 Å². The van der Waals surface area contributed by atoms with Crippen molar-refractivity contribution in [2.24, 2.45) is 5.73 Å². The number of aromatic nitrogens is 2. The summed E-state index contributed by atoms with van der Waals surface area (Å²) < 4.78 is 0. The normalized spacial score (nSPS) is 12.5. The first-order chi connectivity index (χ1) is 5.22. The molecule has 58 valence electrons. The van der Waals surface area contributed by atoms with Crippen LogP contribution in [0, 0.1) is 0 Å². The Kier molecular flexibility index (Phi) is 2.28. The molecule has 1 aromatic heterocycles. The van der Waals surface area contributed by atoms with Crippen molar-refractivity contribution in [2.45, 2.75) is 13.0 Å². The summed E-state index contributed by atoms with van der Waals surface area (Å²) in [5.74, 6) is -0.182. The highest BCUT2D eigenvalue weighted by Gasteiger charge is 2.10. The van der Waals surface area contributed by atoms with Gasteiger partial charge in [0.25, 0.3) is 0 Å². The Morgan fingerprint density at radius 1 is 1.64 bits per heavy atom. The number of Topliss-reactive ketones (excluding diaryl/α,β-unsaturated/α-hetero) is 1. The minimum absolute atomic E-state index is 0.182. The van der Waals surface area contributed by atoms with Crippen LogP contribution in [0.5, 0.6) is 0 Å². The molecular weight excluding hydrogens is 142 g/mol. The van der Waals surface area contributed by atoms with Gasteiger partial charge in [-0.25, -0.2) is 4.98 Å². The smallest absolute Gasteiger partial charge is 0.199 e.